The normalized spacial score (nSPS) is 13.4. The summed E-state index contributed by atoms with van der Waals surface area (Å²) in [5.41, 5.74) is 3.33. The van der Waals surface area contributed by atoms with Crippen molar-refractivity contribution in [3.8, 4) is 16.9 Å². The van der Waals surface area contributed by atoms with Crippen molar-refractivity contribution in [2.45, 2.75) is 51.4 Å². The van der Waals surface area contributed by atoms with E-state index in [2.05, 4.69) is 0 Å². The second-order valence-electron chi connectivity index (χ2n) is 8.42. The van der Waals surface area contributed by atoms with Crippen LogP contribution in [0.5, 0.6) is 5.75 Å². The minimum Gasteiger partial charge on any atom is -0.486 e. The van der Waals surface area contributed by atoms with Crippen LogP contribution in [0.25, 0.3) is 17.2 Å². The summed E-state index contributed by atoms with van der Waals surface area (Å²) in [5.74, 6) is -0.0799. The van der Waals surface area contributed by atoms with Crippen LogP contribution in [0, 0.1) is 5.82 Å². The summed E-state index contributed by atoms with van der Waals surface area (Å²) in [7, 11) is 0. The van der Waals surface area contributed by atoms with Gasteiger partial charge in [-0.3, -0.25) is 4.79 Å². The van der Waals surface area contributed by atoms with E-state index in [1.165, 1.54) is 18.2 Å². The lowest BCUT2D eigenvalue weighted by Gasteiger charge is -2.19. The SMILES string of the molecule is CC(C)c1cc(OCc2ccco2)cc(-c2ccc(F)cc2)c1C=CC(O)CC(O)CC(=O)O. The van der Waals surface area contributed by atoms with Gasteiger partial charge in [0, 0.05) is 6.42 Å². The number of furan rings is 1. The third-order valence-electron chi connectivity index (χ3n) is 5.33. The number of aliphatic hydroxyl groups is 2. The molecule has 0 bridgehead atoms. The van der Waals surface area contributed by atoms with Crippen LogP contribution in [-0.2, 0) is 11.4 Å². The largest absolute Gasteiger partial charge is 0.486 e. The molecule has 0 saturated heterocycles. The van der Waals surface area contributed by atoms with Crippen LogP contribution in [0.3, 0.4) is 0 Å². The number of carboxylic acid groups (broad SMARTS) is 1. The van der Waals surface area contributed by atoms with Crippen LogP contribution in [0.2, 0.25) is 0 Å². The van der Waals surface area contributed by atoms with E-state index in [0.717, 1.165) is 22.3 Å². The summed E-state index contributed by atoms with van der Waals surface area (Å²) in [6.45, 7) is 4.32. The Morgan fingerprint density at radius 3 is 2.50 bits per heavy atom. The lowest BCUT2D eigenvalue weighted by Crippen LogP contribution is -2.19. The molecule has 180 valence electrons. The number of halogens is 1. The predicted molar refractivity (Wildman–Crippen MR) is 127 cm³/mol. The Hall–Kier alpha value is -3.42. The fraction of sp³-hybridized carbons (Fsp3) is 0.296. The number of benzene rings is 2. The highest BCUT2D eigenvalue weighted by molar-refractivity contribution is 5.79. The highest BCUT2D eigenvalue weighted by Gasteiger charge is 2.17. The number of ether oxygens (including phenoxy) is 1. The number of carbonyl (C=O) groups is 1. The van der Waals surface area contributed by atoms with Crippen LogP contribution in [0.1, 0.15) is 49.5 Å². The van der Waals surface area contributed by atoms with Crippen LogP contribution in [0.4, 0.5) is 4.39 Å². The molecule has 0 radical (unpaired) electrons. The second kappa shape index (κ2) is 11.6. The maximum atomic E-state index is 13.6. The number of rotatable bonds is 11. The summed E-state index contributed by atoms with van der Waals surface area (Å²) in [6.07, 6.45) is 2.13. The van der Waals surface area contributed by atoms with Crippen LogP contribution in [-0.4, -0.2) is 33.5 Å². The summed E-state index contributed by atoms with van der Waals surface area (Å²) < 4.78 is 24.9. The number of aliphatic hydroxyl groups excluding tert-OH is 2. The molecule has 3 aromatic rings. The first-order chi connectivity index (χ1) is 16.2. The van der Waals surface area contributed by atoms with E-state index >= 15 is 0 Å². The molecule has 7 heteroatoms. The van der Waals surface area contributed by atoms with Crippen LogP contribution >= 0.6 is 0 Å². The van der Waals surface area contributed by atoms with Crippen LogP contribution in [0.15, 0.2) is 65.3 Å². The Labute approximate surface area is 197 Å². The van der Waals surface area contributed by atoms with Gasteiger partial charge in [0.05, 0.1) is 24.9 Å². The minimum atomic E-state index is -1.16. The zero-order chi connectivity index (χ0) is 24.7. The number of aliphatic carboxylic acids is 1. The smallest absolute Gasteiger partial charge is 0.305 e. The van der Waals surface area contributed by atoms with Crippen molar-refractivity contribution in [1.82, 2.24) is 0 Å². The Morgan fingerprint density at radius 2 is 1.88 bits per heavy atom. The van der Waals surface area contributed by atoms with E-state index in [1.807, 2.05) is 32.0 Å². The molecule has 3 N–H and O–H groups in total. The summed E-state index contributed by atoms with van der Waals surface area (Å²) in [4.78, 5) is 10.8. The van der Waals surface area contributed by atoms with Crippen molar-refractivity contribution in [1.29, 1.82) is 0 Å². The third kappa shape index (κ3) is 7.04. The molecule has 0 aliphatic heterocycles. The zero-order valence-electron chi connectivity index (χ0n) is 19.1. The quantitative estimate of drug-likeness (QED) is 0.349. The first-order valence-corrected chi connectivity index (χ1v) is 11.1. The number of carboxylic acids is 1. The van der Waals surface area contributed by atoms with Gasteiger partial charge in [-0.1, -0.05) is 38.1 Å². The summed E-state index contributed by atoms with van der Waals surface area (Å²) in [6, 6.07) is 13.5. The molecule has 0 aliphatic rings. The molecule has 1 aromatic heterocycles. The average Bonchev–Trinajstić information content (AvgIpc) is 3.29. The summed E-state index contributed by atoms with van der Waals surface area (Å²) >= 11 is 0. The Balaban J connectivity index is 1.97. The standard InChI is InChI=1S/C27H29FO6/c1-17(2)25-14-23(34-16-22-4-3-11-33-22)15-26(18-5-7-19(28)8-6-18)24(25)10-9-20(29)12-21(30)13-27(31)32/h3-11,14-15,17,20-21,29-30H,12-13,16H2,1-2H3,(H,31,32). The van der Waals surface area contributed by atoms with Gasteiger partial charge in [-0.2, -0.15) is 0 Å². The molecule has 0 spiro atoms. The molecule has 34 heavy (non-hydrogen) atoms. The lowest BCUT2D eigenvalue weighted by atomic mass is 9.89. The molecule has 2 unspecified atom stereocenters. The van der Waals surface area contributed by atoms with Crippen molar-refractivity contribution in [3.05, 3.63) is 83.6 Å². The van der Waals surface area contributed by atoms with Gasteiger partial charge in [0.1, 0.15) is 23.9 Å². The highest BCUT2D eigenvalue weighted by Crippen LogP contribution is 2.36. The van der Waals surface area contributed by atoms with E-state index in [4.69, 9.17) is 14.3 Å². The van der Waals surface area contributed by atoms with Gasteiger partial charge in [-0.15, -0.1) is 0 Å². The van der Waals surface area contributed by atoms with Gasteiger partial charge < -0.3 is 24.5 Å². The maximum Gasteiger partial charge on any atom is 0.305 e. The molecule has 0 fully saturated rings. The van der Waals surface area contributed by atoms with Crippen molar-refractivity contribution < 1.29 is 33.7 Å². The van der Waals surface area contributed by atoms with Gasteiger partial charge in [0.2, 0.25) is 0 Å². The molecule has 2 atom stereocenters. The number of hydrogen-bond donors (Lipinski definition) is 3. The third-order valence-corrected chi connectivity index (χ3v) is 5.33. The monoisotopic (exact) mass is 468 g/mol. The first-order valence-electron chi connectivity index (χ1n) is 11.1. The van der Waals surface area contributed by atoms with E-state index in [0.29, 0.717) is 11.5 Å². The van der Waals surface area contributed by atoms with E-state index < -0.39 is 24.6 Å². The molecule has 1 heterocycles. The van der Waals surface area contributed by atoms with E-state index in [9.17, 15) is 19.4 Å². The van der Waals surface area contributed by atoms with Gasteiger partial charge >= 0.3 is 5.97 Å². The van der Waals surface area contributed by atoms with Crippen LogP contribution < -0.4 is 4.74 Å². The van der Waals surface area contributed by atoms with Gasteiger partial charge in [-0.25, -0.2) is 4.39 Å². The predicted octanol–water partition coefficient (Wildman–Crippen LogP) is 5.39. The fourth-order valence-corrected chi connectivity index (χ4v) is 3.66. The van der Waals surface area contributed by atoms with Gasteiger partial charge in [-0.05, 0) is 64.6 Å². The highest BCUT2D eigenvalue weighted by atomic mass is 19.1. The molecule has 0 saturated carbocycles. The lowest BCUT2D eigenvalue weighted by molar-refractivity contribution is -0.139. The fourth-order valence-electron chi connectivity index (χ4n) is 3.66. The van der Waals surface area contributed by atoms with Crippen molar-refractivity contribution in [3.63, 3.8) is 0 Å². The molecular weight excluding hydrogens is 439 g/mol. The summed E-state index contributed by atoms with van der Waals surface area (Å²) in [5, 5.41) is 29.0. The maximum absolute atomic E-state index is 13.6. The Kier molecular flexibility index (Phi) is 8.62. The molecular formula is C27H29FO6. The van der Waals surface area contributed by atoms with Gasteiger partial charge in [0.25, 0.3) is 0 Å². The molecule has 0 aliphatic carbocycles. The zero-order valence-corrected chi connectivity index (χ0v) is 19.1. The number of hydrogen-bond acceptors (Lipinski definition) is 5. The van der Waals surface area contributed by atoms with E-state index in [-0.39, 0.29) is 24.8 Å². The van der Waals surface area contributed by atoms with Crippen molar-refractivity contribution in [2.75, 3.05) is 0 Å². The molecule has 2 aromatic carbocycles. The average molecular weight is 469 g/mol. The topological polar surface area (TPSA) is 100 Å². The Bertz CT molecular complexity index is 1100. The van der Waals surface area contributed by atoms with Crippen molar-refractivity contribution >= 4 is 12.0 Å². The van der Waals surface area contributed by atoms with Gasteiger partial charge in [0.15, 0.2) is 0 Å². The molecule has 6 nitrogen and oxygen atoms in total. The Morgan fingerprint density at radius 1 is 1.15 bits per heavy atom. The van der Waals surface area contributed by atoms with Crippen molar-refractivity contribution in [2.24, 2.45) is 0 Å². The second-order valence-corrected chi connectivity index (χ2v) is 8.42. The molecule has 0 amide bonds. The minimum absolute atomic E-state index is 0.0979. The molecule has 3 rings (SSSR count). The first kappa shape index (κ1) is 25.2. The van der Waals surface area contributed by atoms with E-state index in [1.54, 1.807) is 30.5 Å².